The van der Waals surface area contributed by atoms with Gasteiger partial charge < -0.3 is 20.1 Å². The fourth-order valence-electron chi connectivity index (χ4n) is 2.15. The molecule has 1 aromatic rings. The third-order valence-electron chi connectivity index (χ3n) is 3.25. The van der Waals surface area contributed by atoms with E-state index in [9.17, 15) is 18.0 Å². The van der Waals surface area contributed by atoms with Gasteiger partial charge in [-0.1, -0.05) is 12.1 Å². The van der Waals surface area contributed by atoms with Gasteiger partial charge in [-0.05, 0) is 38.5 Å². The van der Waals surface area contributed by atoms with Crippen molar-refractivity contribution in [2.24, 2.45) is 0 Å². The second-order valence-corrected chi connectivity index (χ2v) is 8.12. The van der Waals surface area contributed by atoms with Gasteiger partial charge in [0, 0.05) is 20.1 Å². The summed E-state index contributed by atoms with van der Waals surface area (Å²) in [7, 11) is -2.87. The molecule has 0 saturated heterocycles. The Labute approximate surface area is 164 Å². The van der Waals surface area contributed by atoms with E-state index in [4.69, 9.17) is 14.0 Å². The summed E-state index contributed by atoms with van der Waals surface area (Å²) >= 11 is 0. The second kappa shape index (κ2) is 10.2. The third kappa shape index (κ3) is 10.1. The Morgan fingerprint density at radius 2 is 1.79 bits per heavy atom. The van der Waals surface area contributed by atoms with Gasteiger partial charge >= 0.3 is 16.4 Å². The first-order valence-electron chi connectivity index (χ1n) is 8.50. The van der Waals surface area contributed by atoms with E-state index >= 15 is 0 Å². The Morgan fingerprint density at radius 1 is 1.18 bits per heavy atom. The average Bonchev–Trinajstić information content (AvgIpc) is 2.53. The van der Waals surface area contributed by atoms with Gasteiger partial charge in [0.25, 0.3) is 0 Å². The molecule has 0 unspecified atom stereocenters. The van der Waals surface area contributed by atoms with Crippen LogP contribution in [0.4, 0.5) is 10.5 Å². The molecule has 0 spiro atoms. The van der Waals surface area contributed by atoms with Crippen molar-refractivity contribution in [2.45, 2.75) is 38.8 Å². The molecule has 0 fully saturated rings. The minimum atomic E-state index is -4.37. The van der Waals surface area contributed by atoms with Gasteiger partial charge in [0.05, 0.1) is 12.3 Å². The summed E-state index contributed by atoms with van der Waals surface area (Å²) in [4.78, 5) is 24.5. The highest BCUT2D eigenvalue weighted by Gasteiger charge is 2.24. The highest BCUT2D eigenvalue weighted by atomic mass is 32.2. The van der Waals surface area contributed by atoms with Crippen LogP contribution >= 0.6 is 0 Å². The van der Waals surface area contributed by atoms with Gasteiger partial charge in [-0.15, -0.1) is 0 Å². The van der Waals surface area contributed by atoms with E-state index in [1.165, 1.54) is 19.2 Å². The SMILES string of the molecule is COCCNC(=O)[C@H](Cc1ccc(NS(=O)(=O)O)cc1)NC(=O)OC(C)(C)C. The molecule has 28 heavy (non-hydrogen) atoms. The number of nitrogens with one attached hydrogen (secondary N) is 3. The molecule has 1 rings (SSSR count). The van der Waals surface area contributed by atoms with E-state index in [1.807, 2.05) is 4.72 Å². The molecule has 0 heterocycles. The first-order valence-corrected chi connectivity index (χ1v) is 9.94. The number of methoxy groups -OCH3 is 1. The largest absolute Gasteiger partial charge is 0.444 e. The molecule has 0 aliphatic carbocycles. The zero-order valence-electron chi connectivity index (χ0n) is 16.3. The predicted octanol–water partition coefficient (Wildman–Crippen LogP) is 1.10. The summed E-state index contributed by atoms with van der Waals surface area (Å²) in [6, 6.07) is 5.08. The topological polar surface area (TPSA) is 143 Å². The second-order valence-electron chi connectivity index (χ2n) is 6.96. The predicted molar refractivity (Wildman–Crippen MR) is 103 cm³/mol. The van der Waals surface area contributed by atoms with Crippen molar-refractivity contribution in [1.29, 1.82) is 0 Å². The lowest BCUT2D eigenvalue weighted by Crippen LogP contribution is -2.49. The van der Waals surface area contributed by atoms with Gasteiger partial charge in [0.2, 0.25) is 5.91 Å². The number of hydrogen-bond acceptors (Lipinski definition) is 6. The number of anilines is 1. The van der Waals surface area contributed by atoms with Crippen molar-refractivity contribution in [3.8, 4) is 0 Å². The maximum Gasteiger partial charge on any atom is 0.408 e. The first-order chi connectivity index (χ1) is 12.9. The van der Waals surface area contributed by atoms with Crippen LogP contribution in [0.25, 0.3) is 0 Å². The lowest BCUT2D eigenvalue weighted by molar-refractivity contribution is -0.123. The number of amides is 2. The molecule has 11 heteroatoms. The summed E-state index contributed by atoms with van der Waals surface area (Å²) in [5.41, 5.74) is 0.0980. The Balaban J connectivity index is 2.85. The summed E-state index contributed by atoms with van der Waals surface area (Å²) in [5.74, 6) is -0.414. The van der Waals surface area contributed by atoms with Gasteiger partial charge in [-0.2, -0.15) is 8.42 Å². The molecule has 0 saturated carbocycles. The molecule has 0 aliphatic rings. The summed E-state index contributed by atoms with van der Waals surface area (Å²) < 4.78 is 42.5. The molecular formula is C17H27N3O7S. The van der Waals surface area contributed by atoms with Crippen molar-refractivity contribution in [2.75, 3.05) is 25.0 Å². The average molecular weight is 417 g/mol. The van der Waals surface area contributed by atoms with E-state index in [2.05, 4.69) is 10.6 Å². The Morgan fingerprint density at radius 3 is 2.29 bits per heavy atom. The van der Waals surface area contributed by atoms with E-state index < -0.39 is 33.9 Å². The first kappa shape index (κ1) is 23.7. The van der Waals surface area contributed by atoms with Crippen LogP contribution in [0.2, 0.25) is 0 Å². The van der Waals surface area contributed by atoms with E-state index in [0.717, 1.165) is 0 Å². The van der Waals surface area contributed by atoms with E-state index in [0.29, 0.717) is 12.2 Å². The summed E-state index contributed by atoms with van der Waals surface area (Å²) in [5, 5.41) is 5.19. The number of hydrogen-bond donors (Lipinski definition) is 4. The van der Waals surface area contributed by atoms with Crippen molar-refractivity contribution in [1.82, 2.24) is 10.6 Å². The van der Waals surface area contributed by atoms with Crippen molar-refractivity contribution in [3.05, 3.63) is 29.8 Å². The van der Waals surface area contributed by atoms with Crippen LogP contribution in [0.3, 0.4) is 0 Å². The number of benzene rings is 1. The molecule has 2 amide bonds. The molecule has 158 valence electrons. The number of carbonyl (C=O) groups is 2. The monoisotopic (exact) mass is 417 g/mol. The molecule has 10 nitrogen and oxygen atoms in total. The van der Waals surface area contributed by atoms with Crippen LogP contribution in [0, 0.1) is 0 Å². The van der Waals surface area contributed by atoms with Gasteiger partial charge in [0.15, 0.2) is 0 Å². The summed E-state index contributed by atoms with van der Waals surface area (Å²) in [6.07, 6.45) is -0.589. The molecule has 0 radical (unpaired) electrons. The maximum absolute atomic E-state index is 12.4. The minimum absolute atomic E-state index is 0.143. The van der Waals surface area contributed by atoms with Crippen molar-refractivity contribution < 1.29 is 32.0 Å². The molecule has 4 N–H and O–H groups in total. The Kier molecular flexibility index (Phi) is 8.66. The number of ether oxygens (including phenoxy) is 2. The number of alkyl carbamates (subject to hydrolysis) is 1. The third-order valence-corrected chi connectivity index (χ3v) is 3.75. The molecular weight excluding hydrogens is 390 g/mol. The molecule has 1 aromatic carbocycles. The molecule has 0 bridgehead atoms. The van der Waals surface area contributed by atoms with Crippen LogP contribution in [0.1, 0.15) is 26.3 Å². The number of carbonyl (C=O) groups excluding carboxylic acids is 2. The van der Waals surface area contributed by atoms with Crippen LogP contribution in [-0.4, -0.2) is 56.9 Å². The summed E-state index contributed by atoms with van der Waals surface area (Å²) in [6.45, 7) is 5.73. The van der Waals surface area contributed by atoms with Gasteiger partial charge in [-0.3, -0.25) is 14.1 Å². The van der Waals surface area contributed by atoms with Gasteiger partial charge in [-0.25, -0.2) is 4.79 Å². The smallest absolute Gasteiger partial charge is 0.408 e. The highest BCUT2D eigenvalue weighted by molar-refractivity contribution is 7.87. The fourth-order valence-corrected chi connectivity index (χ4v) is 2.59. The van der Waals surface area contributed by atoms with Crippen LogP contribution < -0.4 is 15.4 Å². The lowest BCUT2D eigenvalue weighted by atomic mass is 10.0. The fraction of sp³-hybridized carbons (Fsp3) is 0.529. The quantitative estimate of drug-likeness (QED) is 0.348. The highest BCUT2D eigenvalue weighted by Crippen LogP contribution is 2.13. The van der Waals surface area contributed by atoms with Crippen LogP contribution in [0.5, 0.6) is 0 Å². The van der Waals surface area contributed by atoms with Crippen LogP contribution in [-0.2, 0) is 31.0 Å². The Hall–Kier alpha value is -2.37. The molecule has 0 aromatic heterocycles. The maximum atomic E-state index is 12.4. The lowest BCUT2D eigenvalue weighted by Gasteiger charge is -2.23. The molecule has 1 atom stereocenters. The minimum Gasteiger partial charge on any atom is -0.444 e. The number of rotatable bonds is 9. The van der Waals surface area contributed by atoms with Crippen molar-refractivity contribution >= 4 is 28.0 Å². The van der Waals surface area contributed by atoms with Crippen LogP contribution in [0.15, 0.2) is 24.3 Å². The van der Waals surface area contributed by atoms with Gasteiger partial charge in [0.1, 0.15) is 11.6 Å². The normalized spacial score (nSPS) is 12.8. The van der Waals surface area contributed by atoms with E-state index in [1.54, 1.807) is 32.9 Å². The standard InChI is InChI=1S/C17H27N3O7S/c1-17(2,3)27-16(22)19-14(15(21)18-9-10-26-4)11-12-5-7-13(8-6-12)20-28(23,24)25/h5-8,14,20H,9-11H2,1-4H3,(H,18,21)(H,19,22)(H,23,24,25)/t14-/m0/s1. The Bertz CT molecular complexity index is 758. The van der Waals surface area contributed by atoms with Crippen molar-refractivity contribution in [3.63, 3.8) is 0 Å². The molecule has 0 aliphatic heterocycles. The zero-order valence-corrected chi connectivity index (χ0v) is 17.1. The zero-order chi connectivity index (χ0) is 21.4. The van der Waals surface area contributed by atoms with E-state index in [-0.39, 0.29) is 18.7 Å².